The normalized spacial score (nSPS) is 31.1. The van der Waals surface area contributed by atoms with Crippen LogP contribution in [0.1, 0.15) is 32.6 Å². The summed E-state index contributed by atoms with van der Waals surface area (Å²) in [6, 6.07) is 0. The van der Waals surface area contributed by atoms with Gasteiger partial charge in [0.2, 0.25) is 0 Å². The van der Waals surface area contributed by atoms with Crippen LogP contribution in [-0.4, -0.2) is 23.8 Å². The molecule has 1 unspecified atom stereocenters. The number of rotatable bonds is 2. The van der Waals surface area contributed by atoms with Gasteiger partial charge in [0.05, 0.1) is 0 Å². The highest BCUT2D eigenvalue weighted by atomic mass is 35.5. The van der Waals surface area contributed by atoms with E-state index in [9.17, 15) is 0 Å². The number of aliphatic hydroxyl groups is 1. The summed E-state index contributed by atoms with van der Waals surface area (Å²) in [5.74, 6) is 0. The first-order valence-electron chi connectivity index (χ1n) is 4.13. The van der Waals surface area contributed by atoms with E-state index in [-0.39, 0.29) is 17.9 Å². The fraction of sp³-hybridized carbons (Fsp3) is 1.00. The molecule has 0 aliphatic carbocycles. The lowest BCUT2D eigenvalue weighted by atomic mass is 9.88. The van der Waals surface area contributed by atoms with E-state index in [0.29, 0.717) is 6.61 Å². The maximum atomic E-state index is 8.74. The minimum absolute atomic E-state index is 0. The second kappa shape index (κ2) is 4.96. The van der Waals surface area contributed by atoms with Gasteiger partial charge >= 0.3 is 0 Å². The number of aliphatic hydroxyl groups excluding tert-OH is 1. The van der Waals surface area contributed by atoms with Crippen molar-refractivity contribution in [3.8, 4) is 0 Å². The smallest absolute Gasteiger partial charge is 0.0448 e. The molecule has 2 nitrogen and oxygen atoms in total. The van der Waals surface area contributed by atoms with E-state index in [0.717, 1.165) is 13.0 Å². The van der Waals surface area contributed by atoms with Crippen molar-refractivity contribution < 1.29 is 5.11 Å². The van der Waals surface area contributed by atoms with Crippen molar-refractivity contribution in [3.05, 3.63) is 0 Å². The van der Waals surface area contributed by atoms with Gasteiger partial charge in [0, 0.05) is 12.1 Å². The van der Waals surface area contributed by atoms with Crippen LogP contribution in [0.15, 0.2) is 0 Å². The van der Waals surface area contributed by atoms with Gasteiger partial charge in [-0.25, -0.2) is 0 Å². The van der Waals surface area contributed by atoms with Crippen LogP contribution in [0.25, 0.3) is 0 Å². The Hall–Kier alpha value is 0.210. The predicted octanol–water partition coefficient (Wildman–Crippen LogP) is 1.32. The Kier molecular flexibility index (Phi) is 5.06. The molecule has 2 N–H and O–H groups in total. The van der Waals surface area contributed by atoms with Gasteiger partial charge in [-0.05, 0) is 32.7 Å². The molecule has 0 spiro atoms. The van der Waals surface area contributed by atoms with E-state index in [1.807, 2.05) is 0 Å². The van der Waals surface area contributed by atoms with Crippen molar-refractivity contribution in [3.63, 3.8) is 0 Å². The van der Waals surface area contributed by atoms with Crippen molar-refractivity contribution in [2.24, 2.45) is 0 Å². The molecule has 1 rings (SSSR count). The molecule has 1 atom stereocenters. The van der Waals surface area contributed by atoms with Gasteiger partial charge in [-0.1, -0.05) is 6.42 Å². The van der Waals surface area contributed by atoms with Crippen LogP contribution in [0.4, 0.5) is 0 Å². The van der Waals surface area contributed by atoms with Gasteiger partial charge in [0.15, 0.2) is 0 Å². The fourth-order valence-electron chi connectivity index (χ4n) is 1.58. The van der Waals surface area contributed by atoms with Gasteiger partial charge in [0.1, 0.15) is 0 Å². The number of halogens is 1. The van der Waals surface area contributed by atoms with Crippen molar-refractivity contribution >= 4 is 12.4 Å². The first-order valence-corrected chi connectivity index (χ1v) is 4.13. The lowest BCUT2D eigenvalue weighted by Gasteiger charge is -2.34. The summed E-state index contributed by atoms with van der Waals surface area (Å²) in [4.78, 5) is 0. The minimum atomic E-state index is 0. The topological polar surface area (TPSA) is 32.3 Å². The lowest BCUT2D eigenvalue weighted by molar-refractivity contribution is 0.192. The van der Waals surface area contributed by atoms with E-state index in [2.05, 4.69) is 12.2 Å². The standard InChI is InChI=1S/C8H17NO.ClH/c1-8(5-7-10)4-2-3-6-9-8;/h9-10H,2-7H2,1H3;1H. The van der Waals surface area contributed by atoms with Crippen LogP contribution < -0.4 is 5.32 Å². The molecule has 1 aliphatic rings. The molecule has 1 aliphatic heterocycles. The molecular weight excluding hydrogens is 162 g/mol. The van der Waals surface area contributed by atoms with E-state index >= 15 is 0 Å². The van der Waals surface area contributed by atoms with Gasteiger partial charge in [-0.15, -0.1) is 12.4 Å². The average molecular weight is 180 g/mol. The van der Waals surface area contributed by atoms with E-state index in [4.69, 9.17) is 5.11 Å². The van der Waals surface area contributed by atoms with Crippen LogP contribution in [0.3, 0.4) is 0 Å². The first kappa shape index (κ1) is 11.2. The lowest BCUT2D eigenvalue weighted by Crippen LogP contribution is -2.46. The second-order valence-corrected chi connectivity index (χ2v) is 3.42. The Morgan fingerprint density at radius 1 is 1.45 bits per heavy atom. The van der Waals surface area contributed by atoms with Crippen LogP contribution >= 0.6 is 12.4 Å². The summed E-state index contributed by atoms with van der Waals surface area (Å²) in [5.41, 5.74) is 0.229. The molecule has 0 amide bonds. The number of hydrogen-bond acceptors (Lipinski definition) is 2. The van der Waals surface area contributed by atoms with Crippen molar-refractivity contribution in [1.29, 1.82) is 0 Å². The fourth-order valence-corrected chi connectivity index (χ4v) is 1.58. The molecule has 1 saturated heterocycles. The van der Waals surface area contributed by atoms with Crippen LogP contribution in [-0.2, 0) is 0 Å². The maximum Gasteiger partial charge on any atom is 0.0448 e. The van der Waals surface area contributed by atoms with E-state index in [1.165, 1.54) is 19.3 Å². The van der Waals surface area contributed by atoms with Crippen LogP contribution in [0.5, 0.6) is 0 Å². The zero-order chi connectivity index (χ0) is 7.45. The maximum absolute atomic E-state index is 8.74. The highest BCUT2D eigenvalue weighted by Gasteiger charge is 2.24. The highest BCUT2D eigenvalue weighted by molar-refractivity contribution is 5.85. The highest BCUT2D eigenvalue weighted by Crippen LogP contribution is 2.21. The Bertz CT molecular complexity index is 96.8. The molecule has 0 bridgehead atoms. The third-order valence-corrected chi connectivity index (χ3v) is 2.37. The van der Waals surface area contributed by atoms with Crippen LogP contribution in [0, 0.1) is 0 Å². The Balaban J connectivity index is 0.000001000. The largest absolute Gasteiger partial charge is 0.396 e. The third kappa shape index (κ3) is 3.41. The number of piperidine rings is 1. The zero-order valence-electron chi connectivity index (χ0n) is 7.10. The van der Waals surface area contributed by atoms with Crippen molar-refractivity contribution in [1.82, 2.24) is 5.32 Å². The summed E-state index contributed by atoms with van der Waals surface area (Å²) in [6.45, 7) is 3.63. The molecule has 1 fully saturated rings. The summed E-state index contributed by atoms with van der Waals surface area (Å²) in [7, 11) is 0. The molecular formula is C8H18ClNO. The molecule has 0 radical (unpaired) electrons. The number of nitrogens with one attached hydrogen (secondary N) is 1. The van der Waals surface area contributed by atoms with Crippen molar-refractivity contribution in [2.75, 3.05) is 13.2 Å². The van der Waals surface area contributed by atoms with Gasteiger partial charge in [0.25, 0.3) is 0 Å². The SMILES string of the molecule is CC1(CCO)CCCCN1.Cl. The number of hydrogen-bond donors (Lipinski definition) is 2. The quantitative estimate of drug-likeness (QED) is 0.671. The summed E-state index contributed by atoms with van der Waals surface area (Å²) in [5, 5.41) is 12.2. The van der Waals surface area contributed by atoms with Gasteiger partial charge in [-0.3, -0.25) is 0 Å². The third-order valence-electron chi connectivity index (χ3n) is 2.37. The Morgan fingerprint density at radius 3 is 2.64 bits per heavy atom. The summed E-state index contributed by atoms with van der Waals surface area (Å²) in [6.07, 6.45) is 4.71. The first-order chi connectivity index (χ1) is 4.77. The Labute approximate surface area is 74.8 Å². The molecule has 0 aromatic heterocycles. The molecule has 3 heteroatoms. The Morgan fingerprint density at radius 2 is 2.18 bits per heavy atom. The average Bonchev–Trinajstić information content (AvgIpc) is 1.89. The molecule has 1 heterocycles. The molecule has 0 aromatic carbocycles. The zero-order valence-corrected chi connectivity index (χ0v) is 7.91. The minimum Gasteiger partial charge on any atom is -0.396 e. The summed E-state index contributed by atoms with van der Waals surface area (Å²) >= 11 is 0. The molecule has 0 aromatic rings. The monoisotopic (exact) mass is 179 g/mol. The van der Waals surface area contributed by atoms with Crippen LogP contribution in [0.2, 0.25) is 0 Å². The molecule has 0 saturated carbocycles. The van der Waals surface area contributed by atoms with E-state index < -0.39 is 0 Å². The van der Waals surface area contributed by atoms with Crippen molar-refractivity contribution in [2.45, 2.75) is 38.1 Å². The van der Waals surface area contributed by atoms with Gasteiger partial charge < -0.3 is 10.4 Å². The summed E-state index contributed by atoms with van der Waals surface area (Å²) < 4.78 is 0. The molecule has 68 valence electrons. The molecule has 11 heavy (non-hydrogen) atoms. The van der Waals surface area contributed by atoms with E-state index in [1.54, 1.807) is 0 Å². The predicted molar refractivity (Wildman–Crippen MR) is 49.2 cm³/mol. The van der Waals surface area contributed by atoms with Gasteiger partial charge in [-0.2, -0.15) is 0 Å². The second-order valence-electron chi connectivity index (χ2n) is 3.42.